The van der Waals surface area contributed by atoms with E-state index in [1.807, 2.05) is 19.1 Å². The van der Waals surface area contributed by atoms with Crippen molar-refractivity contribution in [2.45, 2.75) is 19.0 Å². The maximum absolute atomic E-state index is 14.0. The molecule has 1 saturated heterocycles. The van der Waals surface area contributed by atoms with Crippen LogP contribution in [0.1, 0.15) is 22.5 Å². The van der Waals surface area contributed by atoms with Crippen molar-refractivity contribution in [2.75, 3.05) is 13.1 Å². The lowest BCUT2D eigenvalue weighted by Crippen LogP contribution is -2.38. The summed E-state index contributed by atoms with van der Waals surface area (Å²) in [6.45, 7) is 1.55. The molecule has 1 fully saturated rings. The summed E-state index contributed by atoms with van der Waals surface area (Å²) in [6.07, 6.45) is -0.201. The van der Waals surface area contributed by atoms with Crippen LogP contribution < -0.4 is 0 Å². The van der Waals surface area contributed by atoms with Crippen molar-refractivity contribution < 1.29 is 23.5 Å². The summed E-state index contributed by atoms with van der Waals surface area (Å²) in [5.74, 6) is -1.91. The Morgan fingerprint density at radius 2 is 2.14 bits per heavy atom. The average Bonchev–Trinajstić information content (AvgIpc) is 3.02. The largest absolute Gasteiger partial charge is 0.479 e. The Hall–Kier alpha value is -2.37. The summed E-state index contributed by atoms with van der Waals surface area (Å²) >= 11 is 0. The average molecular weight is 291 g/mol. The zero-order chi connectivity index (χ0) is 15.2. The molecule has 1 N–H and O–H groups in total. The standard InChI is InChI=1S/C15H14FNO4/c1-9-2-3-11-10(6-9)7-12(21-11)13(18)17-5-4-15(16,8-17)14(19)20/h2-3,6-7H,4-5,8H2,1H3,(H,19,20). The quantitative estimate of drug-likeness (QED) is 0.922. The third-order valence-electron chi connectivity index (χ3n) is 3.77. The van der Waals surface area contributed by atoms with E-state index in [1.165, 1.54) is 4.90 Å². The van der Waals surface area contributed by atoms with Gasteiger partial charge in [-0.15, -0.1) is 0 Å². The van der Waals surface area contributed by atoms with E-state index >= 15 is 0 Å². The van der Waals surface area contributed by atoms with E-state index in [4.69, 9.17) is 9.52 Å². The minimum atomic E-state index is -2.36. The van der Waals surface area contributed by atoms with Crippen molar-refractivity contribution in [3.63, 3.8) is 0 Å². The SMILES string of the molecule is Cc1ccc2oc(C(=O)N3CCC(F)(C(=O)O)C3)cc2c1. The molecule has 1 atom stereocenters. The first kappa shape index (κ1) is 13.6. The molecule has 0 aliphatic carbocycles. The van der Waals surface area contributed by atoms with Gasteiger partial charge < -0.3 is 14.4 Å². The minimum absolute atomic E-state index is 0.0672. The first-order valence-electron chi connectivity index (χ1n) is 6.61. The van der Waals surface area contributed by atoms with Crippen molar-refractivity contribution in [1.29, 1.82) is 0 Å². The van der Waals surface area contributed by atoms with Crippen molar-refractivity contribution in [1.82, 2.24) is 4.90 Å². The fraction of sp³-hybridized carbons (Fsp3) is 0.333. The molecule has 1 aliphatic heterocycles. The number of hydrogen-bond acceptors (Lipinski definition) is 3. The summed E-state index contributed by atoms with van der Waals surface area (Å²) in [7, 11) is 0. The van der Waals surface area contributed by atoms with Gasteiger partial charge in [-0.25, -0.2) is 9.18 Å². The van der Waals surface area contributed by atoms with Crippen molar-refractivity contribution >= 4 is 22.8 Å². The van der Waals surface area contributed by atoms with Crippen LogP contribution in [0.4, 0.5) is 4.39 Å². The van der Waals surface area contributed by atoms with Gasteiger partial charge in [0, 0.05) is 18.4 Å². The minimum Gasteiger partial charge on any atom is -0.479 e. The van der Waals surface area contributed by atoms with Crippen molar-refractivity contribution in [3.05, 3.63) is 35.6 Å². The van der Waals surface area contributed by atoms with E-state index in [2.05, 4.69) is 0 Å². The van der Waals surface area contributed by atoms with Crippen molar-refractivity contribution in [2.24, 2.45) is 0 Å². The normalized spacial score (nSPS) is 21.9. The molecule has 2 heterocycles. The predicted octanol–water partition coefficient (Wildman–Crippen LogP) is 2.38. The summed E-state index contributed by atoms with van der Waals surface area (Å²) in [5, 5.41) is 9.64. The number of alkyl halides is 1. The third-order valence-corrected chi connectivity index (χ3v) is 3.77. The van der Waals surface area contributed by atoms with Gasteiger partial charge in [0.15, 0.2) is 5.76 Å². The number of likely N-dealkylation sites (tertiary alicyclic amines) is 1. The molecule has 3 rings (SSSR count). The van der Waals surface area contributed by atoms with E-state index in [0.29, 0.717) is 5.58 Å². The van der Waals surface area contributed by atoms with Crippen LogP contribution in [-0.4, -0.2) is 40.6 Å². The fourth-order valence-electron chi connectivity index (χ4n) is 2.54. The molecular formula is C15H14FNO4. The second kappa shape index (κ2) is 4.58. The van der Waals surface area contributed by atoms with Crippen LogP contribution in [0, 0.1) is 6.92 Å². The number of furan rings is 1. The fourth-order valence-corrected chi connectivity index (χ4v) is 2.54. The van der Waals surface area contributed by atoms with Gasteiger partial charge in [0.1, 0.15) is 5.58 Å². The third kappa shape index (κ3) is 2.26. The van der Waals surface area contributed by atoms with Crippen LogP contribution in [0.15, 0.2) is 28.7 Å². The molecule has 0 bridgehead atoms. The number of carboxylic acid groups (broad SMARTS) is 1. The Kier molecular flexibility index (Phi) is 2.97. The Labute approximate surface area is 119 Å². The molecule has 0 saturated carbocycles. The molecule has 0 spiro atoms. The zero-order valence-corrected chi connectivity index (χ0v) is 11.4. The van der Waals surface area contributed by atoms with Gasteiger partial charge in [0.25, 0.3) is 5.91 Å². The predicted molar refractivity (Wildman–Crippen MR) is 72.9 cm³/mol. The van der Waals surface area contributed by atoms with E-state index < -0.39 is 24.1 Å². The molecule has 110 valence electrons. The molecule has 5 nitrogen and oxygen atoms in total. The number of nitrogens with zero attached hydrogens (tertiary/aromatic N) is 1. The summed E-state index contributed by atoms with van der Waals surface area (Å²) in [6, 6.07) is 7.12. The lowest BCUT2D eigenvalue weighted by Gasteiger charge is -2.16. The van der Waals surface area contributed by atoms with Gasteiger partial charge in [-0.05, 0) is 25.1 Å². The lowest BCUT2D eigenvalue weighted by molar-refractivity contribution is -0.149. The second-order valence-electron chi connectivity index (χ2n) is 5.40. The Morgan fingerprint density at radius 1 is 1.38 bits per heavy atom. The molecule has 1 amide bonds. The highest BCUT2D eigenvalue weighted by Crippen LogP contribution is 2.28. The van der Waals surface area contributed by atoms with Gasteiger partial charge >= 0.3 is 5.97 Å². The maximum atomic E-state index is 14.0. The number of aliphatic carboxylic acids is 1. The smallest absolute Gasteiger partial charge is 0.343 e. The number of carboxylic acids is 1. The second-order valence-corrected chi connectivity index (χ2v) is 5.40. The molecule has 1 aromatic heterocycles. The van der Waals surface area contributed by atoms with Crippen LogP contribution in [0.25, 0.3) is 11.0 Å². The van der Waals surface area contributed by atoms with E-state index in [1.54, 1.807) is 12.1 Å². The maximum Gasteiger partial charge on any atom is 0.343 e. The number of halogens is 1. The van der Waals surface area contributed by atoms with Gasteiger partial charge in [-0.2, -0.15) is 0 Å². The Balaban J connectivity index is 1.86. The van der Waals surface area contributed by atoms with E-state index in [-0.39, 0.29) is 18.7 Å². The number of aryl methyl sites for hydroxylation is 1. The van der Waals surface area contributed by atoms with Crippen LogP contribution in [-0.2, 0) is 4.79 Å². The number of benzene rings is 1. The number of hydrogen-bond donors (Lipinski definition) is 1. The number of carbonyl (C=O) groups is 2. The molecular weight excluding hydrogens is 277 g/mol. The topological polar surface area (TPSA) is 70.8 Å². The van der Waals surface area contributed by atoms with Gasteiger partial charge in [0.2, 0.25) is 5.67 Å². The summed E-state index contributed by atoms with van der Waals surface area (Å²) < 4.78 is 19.5. The molecule has 1 unspecified atom stereocenters. The molecule has 2 aromatic rings. The number of fused-ring (bicyclic) bond motifs is 1. The molecule has 6 heteroatoms. The number of carbonyl (C=O) groups excluding carboxylic acids is 1. The summed E-state index contributed by atoms with van der Waals surface area (Å²) in [4.78, 5) is 24.3. The van der Waals surface area contributed by atoms with Gasteiger partial charge in [0.05, 0.1) is 6.54 Å². The van der Waals surface area contributed by atoms with E-state index in [9.17, 15) is 14.0 Å². The van der Waals surface area contributed by atoms with Gasteiger partial charge in [-0.1, -0.05) is 11.6 Å². The molecule has 21 heavy (non-hydrogen) atoms. The van der Waals surface area contributed by atoms with Crippen molar-refractivity contribution in [3.8, 4) is 0 Å². The van der Waals surface area contributed by atoms with Crippen LogP contribution in [0.3, 0.4) is 0 Å². The first-order valence-corrected chi connectivity index (χ1v) is 6.61. The highest BCUT2D eigenvalue weighted by atomic mass is 19.1. The molecule has 1 aliphatic rings. The number of rotatable bonds is 2. The van der Waals surface area contributed by atoms with Crippen LogP contribution in [0.5, 0.6) is 0 Å². The Morgan fingerprint density at radius 3 is 2.81 bits per heavy atom. The van der Waals surface area contributed by atoms with Crippen LogP contribution >= 0.6 is 0 Å². The Bertz CT molecular complexity index is 738. The number of amides is 1. The monoisotopic (exact) mass is 291 g/mol. The zero-order valence-electron chi connectivity index (χ0n) is 11.4. The van der Waals surface area contributed by atoms with Gasteiger partial charge in [-0.3, -0.25) is 4.79 Å². The lowest BCUT2D eigenvalue weighted by atomic mass is 10.1. The highest BCUT2D eigenvalue weighted by molar-refractivity contribution is 5.97. The molecule has 0 radical (unpaired) electrons. The van der Waals surface area contributed by atoms with E-state index in [0.717, 1.165) is 10.9 Å². The summed E-state index contributed by atoms with van der Waals surface area (Å²) in [5.41, 5.74) is -0.747. The molecule has 1 aromatic carbocycles. The first-order chi connectivity index (χ1) is 9.89. The highest BCUT2D eigenvalue weighted by Gasteiger charge is 2.47. The van der Waals surface area contributed by atoms with Crippen LogP contribution in [0.2, 0.25) is 0 Å².